The van der Waals surface area contributed by atoms with Crippen molar-refractivity contribution in [2.24, 2.45) is 0 Å². The molecular weight excluding hydrogens is 398 g/mol. The first-order valence-electron chi connectivity index (χ1n) is 10.9. The summed E-state index contributed by atoms with van der Waals surface area (Å²) >= 11 is 0. The van der Waals surface area contributed by atoms with Gasteiger partial charge < -0.3 is 9.47 Å². The van der Waals surface area contributed by atoms with Gasteiger partial charge in [-0.15, -0.1) is 0 Å². The number of sulfonamides is 1. The number of benzene rings is 1. The van der Waals surface area contributed by atoms with E-state index in [1.165, 1.54) is 6.26 Å². The van der Waals surface area contributed by atoms with Crippen LogP contribution in [0.2, 0.25) is 5.21 Å². The predicted octanol–water partition coefficient (Wildman–Crippen LogP) is 1.57. The molecule has 9 heteroatoms. The van der Waals surface area contributed by atoms with Crippen molar-refractivity contribution in [1.82, 2.24) is 9.62 Å². The summed E-state index contributed by atoms with van der Waals surface area (Å²) < 4.78 is 39.2. The minimum atomic E-state index is -3.30. The molecular formula is C21H30B2N2O4S. The van der Waals surface area contributed by atoms with Gasteiger partial charge in [0.2, 0.25) is 10.0 Å². The van der Waals surface area contributed by atoms with Gasteiger partial charge in [-0.25, -0.2) is 13.1 Å². The number of hydrogen-bond donors (Lipinski definition) is 1. The van der Waals surface area contributed by atoms with Gasteiger partial charge in [0, 0.05) is 18.6 Å². The summed E-state index contributed by atoms with van der Waals surface area (Å²) in [4.78, 5) is 2.29. The van der Waals surface area contributed by atoms with Crippen molar-refractivity contribution >= 4 is 25.7 Å². The quantitative estimate of drug-likeness (QED) is 0.725. The van der Waals surface area contributed by atoms with Gasteiger partial charge in [0.05, 0.1) is 34.7 Å². The van der Waals surface area contributed by atoms with E-state index < -0.39 is 15.2 Å². The van der Waals surface area contributed by atoms with Crippen molar-refractivity contribution in [2.45, 2.75) is 61.4 Å². The lowest BCUT2D eigenvalue weighted by molar-refractivity contribution is -0.0303. The highest BCUT2D eigenvalue weighted by molar-refractivity contribution is 7.88. The maximum absolute atomic E-state index is 11.9. The molecule has 0 unspecified atom stereocenters. The van der Waals surface area contributed by atoms with E-state index in [1.54, 1.807) is 0 Å². The Morgan fingerprint density at radius 2 is 1.97 bits per heavy atom. The molecule has 0 spiro atoms. The maximum Gasteiger partial charge on any atom is 0.209 e. The summed E-state index contributed by atoms with van der Waals surface area (Å²) in [6.07, 6.45) is 5.16. The van der Waals surface area contributed by atoms with Crippen LogP contribution >= 0.6 is 0 Å². The number of fused-ring (bicyclic) bond motifs is 5. The zero-order chi connectivity index (χ0) is 21.4. The lowest BCUT2D eigenvalue weighted by atomic mass is 9.42. The molecule has 2 bridgehead atoms. The van der Waals surface area contributed by atoms with Crippen molar-refractivity contribution in [3.05, 3.63) is 29.8 Å². The van der Waals surface area contributed by atoms with E-state index in [0.29, 0.717) is 26.2 Å². The first kappa shape index (κ1) is 22.2. The Morgan fingerprint density at radius 3 is 2.73 bits per heavy atom. The van der Waals surface area contributed by atoms with Gasteiger partial charge in [0.1, 0.15) is 12.4 Å². The number of para-hydroxylation sites is 1. The zero-order valence-corrected chi connectivity index (χ0v) is 18.4. The van der Waals surface area contributed by atoms with E-state index in [1.807, 2.05) is 18.2 Å². The molecule has 1 aromatic carbocycles. The van der Waals surface area contributed by atoms with Crippen LogP contribution in [-0.4, -0.2) is 79.8 Å². The van der Waals surface area contributed by atoms with Gasteiger partial charge in [-0.1, -0.05) is 23.4 Å². The molecule has 1 N–H and O–H groups in total. The SMILES string of the molecule is [B]C1([B])C[C@H]2CC[C@@H]1c1ccccc1OCCN1CCC[C@H](NS(C)(=O)=O)[C@@H]1CO2. The van der Waals surface area contributed by atoms with Gasteiger partial charge in [0.15, 0.2) is 0 Å². The summed E-state index contributed by atoms with van der Waals surface area (Å²) in [7, 11) is 9.85. The lowest BCUT2D eigenvalue weighted by Crippen LogP contribution is -2.58. The van der Waals surface area contributed by atoms with E-state index in [-0.39, 0.29) is 24.1 Å². The minimum Gasteiger partial charge on any atom is -0.492 e. The molecule has 6 nitrogen and oxygen atoms in total. The molecule has 30 heavy (non-hydrogen) atoms. The first-order valence-corrected chi connectivity index (χ1v) is 12.7. The standard InChI is InChI=1S/C21H30B2N2O4S/c1-30(26,27)24-18-6-4-10-25-11-12-28-20-7-3-2-5-16(20)17-9-8-15(13-21(17,22)23)29-14-19(18)25/h2-3,5,7,15,17-19,24H,4,6,8-14H2,1H3/t15-,17-,18+,19+/m1/s1. The number of nitrogens with zero attached hydrogens (tertiary/aromatic N) is 1. The normalized spacial score (nSPS) is 32.6. The highest BCUT2D eigenvalue weighted by Gasteiger charge is 2.40. The van der Waals surface area contributed by atoms with Gasteiger partial charge in [0.25, 0.3) is 0 Å². The van der Waals surface area contributed by atoms with E-state index in [2.05, 4.69) is 15.7 Å². The molecule has 1 saturated carbocycles. The fourth-order valence-corrected chi connectivity index (χ4v) is 6.12. The predicted molar refractivity (Wildman–Crippen MR) is 119 cm³/mol. The van der Waals surface area contributed by atoms with E-state index in [4.69, 9.17) is 25.2 Å². The maximum atomic E-state index is 11.9. The Bertz CT molecular complexity index is 851. The lowest BCUT2D eigenvalue weighted by Gasteiger charge is -2.45. The monoisotopic (exact) mass is 428 g/mol. The molecule has 0 aromatic heterocycles. The second-order valence-corrected chi connectivity index (χ2v) is 10.8. The Hall–Kier alpha value is -1.02. The molecule has 4 aliphatic rings. The number of rotatable bonds is 2. The van der Waals surface area contributed by atoms with Crippen molar-refractivity contribution in [3.8, 4) is 5.75 Å². The van der Waals surface area contributed by atoms with Crippen LogP contribution in [0, 0.1) is 0 Å². The smallest absolute Gasteiger partial charge is 0.209 e. The third-order valence-electron chi connectivity index (χ3n) is 6.70. The van der Waals surface area contributed by atoms with Crippen molar-refractivity contribution < 1.29 is 17.9 Å². The number of ether oxygens (including phenoxy) is 2. The summed E-state index contributed by atoms with van der Waals surface area (Å²) in [6, 6.07) is 7.79. The van der Waals surface area contributed by atoms with Crippen LogP contribution < -0.4 is 9.46 Å². The summed E-state index contributed by atoms with van der Waals surface area (Å²) in [5.74, 6) is 0.845. The highest BCUT2D eigenvalue weighted by Crippen LogP contribution is 2.51. The summed E-state index contributed by atoms with van der Waals surface area (Å²) in [6.45, 7) is 2.56. The summed E-state index contributed by atoms with van der Waals surface area (Å²) in [5, 5.41) is -0.882. The average Bonchev–Trinajstić information content (AvgIpc) is 2.67. The van der Waals surface area contributed by atoms with Crippen LogP contribution in [0.3, 0.4) is 0 Å². The van der Waals surface area contributed by atoms with Gasteiger partial charge in [-0.3, -0.25) is 4.90 Å². The second-order valence-electron chi connectivity index (χ2n) is 9.03. The Kier molecular flexibility index (Phi) is 6.54. The molecule has 2 fully saturated rings. The fraction of sp³-hybridized carbons (Fsp3) is 0.714. The average molecular weight is 428 g/mol. The Balaban J connectivity index is 1.62. The molecule has 4 atom stereocenters. The molecule has 0 amide bonds. The largest absolute Gasteiger partial charge is 0.492 e. The van der Waals surface area contributed by atoms with Crippen molar-refractivity contribution in [3.63, 3.8) is 0 Å². The zero-order valence-electron chi connectivity index (χ0n) is 17.6. The number of piperidine rings is 1. The third kappa shape index (κ3) is 5.06. The second kappa shape index (κ2) is 8.85. The third-order valence-corrected chi connectivity index (χ3v) is 7.43. The molecule has 5 rings (SSSR count). The Labute approximate surface area is 182 Å². The van der Waals surface area contributed by atoms with Crippen molar-refractivity contribution in [2.75, 3.05) is 32.6 Å². The molecule has 1 saturated heterocycles. The topological polar surface area (TPSA) is 67.9 Å². The molecule has 1 aliphatic carbocycles. The highest BCUT2D eigenvalue weighted by atomic mass is 32.2. The van der Waals surface area contributed by atoms with Crippen LogP contribution in [-0.2, 0) is 14.8 Å². The molecule has 4 radical (unpaired) electrons. The van der Waals surface area contributed by atoms with Crippen molar-refractivity contribution in [1.29, 1.82) is 0 Å². The molecule has 160 valence electrons. The van der Waals surface area contributed by atoms with Crippen LogP contribution in [0.15, 0.2) is 24.3 Å². The first-order chi connectivity index (χ1) is 14.2. The van der Waals surface area contributed by atoms with E-state index in [9.17, 15) is 8.42 Å². The summed E-state index contributed by atoms with van der Waals surface area (Å²) in [5.41, 5.74) is 1.06. The molecule has 3 aliphatic heterocycles. The van der Waals surface area contributed by atoms with Crippen LogP contribution in [0.5, 0.6) is 5.75 Å². The fourth-order valence-electron chi connectivity index (χ4n) is 5.29. The Morgan fingerprint density at radius 1 is 1.17 bits per heavy atom. The van der Waals surface area contributed by atoms with Gasteiger partial charge in [-0.2, -0.15) is 0 Å². The number of hydrogen-bond acceptors (Lipinski definition) is 5. The van der Waals surface area contributed by atoms with Crippen LogP contribution in [0.4, 0.5) is 0 Å². The van der Waals surface area contributed by atoms with Crippen LogP contribution in [0.1, 0.15) is 43.6 Å². The molecule has 3 heterocycles. The van der Waals surface area contributed by atoms with E-state index in [0.717, 1.165) is 43.5 Å². The van der Waals surface area contributed by atoms with Crippen LogP contribution in [0.25, 0.3) is 0 Å². The molecule has 1 aromatic rings. The van der Waals surface area contributed by atoms with Gasteiger partial charge >= 0.3 is 0 Å². The van der Waals surface area contributed by atoms with Gasteiger partial charge in [-0.05, 0) is 56.2 Å². The van der Waals surface area contributed by atoms with E-state index >= 15 is 0 Å². The minimum absolute atomic E-state index is 0.0107. The number of nitrogens with one attached hydrogen (secondary N) is 1.